The Hall–Kier alpha value is -10.8. The van der Waals surface area contributed by atoms with Gasteiger partial charge in [-0.15, -0.1) is 0 Å². The number of pyridine rings is 2. The zero-order valence-electron chi connectivity index (χ0n) is 98.2. The molecule has 0 atom stereocenters. The van der Waals surface area contributed by atoms with Crippen LogP contribution in [-0.2, 0) is 108 Å². The Balaban J connectivity index is 0.000000183. The van der Waals surface area contributed by atoms with Crippen molar-refractivity contribution in [2.75, 3.05) is 0 Å². The van der Waals surface area contributed by atoms with Crippen LogP contribution in [0.25, 0.3) is 33.1 Å². The van der Waals surface area contributed by atoms with Gasteiger partial charge in [-0.2, -0.15) is 0 Å². The molecule has 22 nitrogen and oxygen atoms in total. The first-order valence-electron chi connectivity index (χ1n) is 51.8. The number of aliphatic imine (C=N–C) groups is 3. The van der Waals surface area contributed by atoms with Gasteiger partial charge in [0.25, 0.3) is 27.8 Å². The summed E-state index contributed by atoms with van der Waals surface area (Å²) in [5, 5.41) is 2.51. The summed E-state index contributed by atoms with van der Waals surface area (Å²) in [5.41, 5.74) is 26.1. The van der Waals surface area contributed by atoms with Crippen molar-refractivity contribution in [3.8, 4) is 0 Å². The zero-order valence-corrected chi connectivity index (χ0v) is 98.2. The fourth-order valence-electron chi connectivity index (χ4n) is 18.1. The highest BCUT2D eigenvalue weighted by atomic mass is 16.1. The van der Waals surface area contributed by atoms with Gasteiger partial charge in [-0.25, -0.2) is 19.9 Å². The normalized spacial score (nSPS) is 15.2. The molecule has 0 radical (unpaired) electrons. The highest BCUT2D eigenvalue weighted by Gasteiger charge is 2.40. The Labute approximate surface area is 862 Å². The van der Waals surface area contributed by atoms with Gasteiger partial charge in [-0.1, -0.05) is 369 Å². The third kappa shape index (κ3) is 27.5. The van der Waals surface area contributed by atoms with Crippen LogP contribution in [0.5, 0.6) is 0 Å². The molecule has 0 bridgehead atoms. The second-order valence-corrected chi connectivity index (χ2v) is 56.6. The number of allylic oxidation sites excluding steroid dienone is 8. The lowest BCUT2D eigenvalue weighted by atomic mass is 9.83. The molecular formula is C122H179N17O5. The molecule has 0 saturated heterocycles. The Kier molecular flexibility index (Phi) is 33.1. The molecule has 0 unspecified atom stereocenters. The summed E-state index contributed by atoms with van der Waals surface area (Å²) in [6.45, 7) is 104. The van der Waals surface area contributed by atoms with E-state index >= 15 is 0 Å². The van der Waals surface area contributed by atoms with E-state index < -0.39 is 0 Å². The number of H-pyrrole nitrogens is 3. The third-order valence-electron chi connectivity index (χ3n) is 26.3. The number of nitrogens with zero attached hydrogens (tertiary/aromatic N) is 14. The van der Waals surface area contributed by atoms with Crippen LogP contribution in [0.3, 0.4) is 0 Å². The third-order valence-corrected chi connectivity index (χ3v) is 26.3. The molecule has 3 N–H and O–H groups in total. The highest BCUT2D eigenvalue weighted by Crippen LogP contribution is 2.45. The van der Waals surface area contributed by atoms with Crippen LogP contribution in [0.2, 0.25) is 0 Å². The Morgan fingerprint density at radius 2 is 0.632 bits per heavy atom. The molecule has 0 saturated carbocycles. The number of aromatic amines is 3. The quantitative estimate of drug-likeness (QED) is 0.127. The van der Waals surface area contributed by atoms with Crippen LogP contribution >= 0.6 is 0 Å². The van der Waals surface area contributed by atoms with E-state index in [0.29, 0.717) is 30.8 Å². The minimum Gasteiger partial charge on any atom is -0.325 e. The standard InChI is InChI=1S/C17H23N.C16H24N2O.C16H23NO.C15H23N3O.C15H22N2O.C15H22N2.C14H21N3O.C14H21N3/c1-16(2,3)14-8-7-12-10-15(17(4,5)6)18-11-13(12)9-14;1-15(2,3)10-8-9-11-12(10)13(19)18(7)14(17-11)16(4,5)6;1-15(2,3)11-8-7-10-9-12(16(4,5)6)17-14(18)13(10)11;1-14(2,3)11-10-9(8-16-11)17-13(15(4,5)6)18(7)12(10)19;1-14(2,3)9-7-8-10-11(9)12(18)17-13(16-10)15(4,5)6;1-14(2,3)10-7-8-11-13(10)16-9-12(17-11)15(4,5)6;1-13(2,3)10-9-8(7-15-10)16-12(14(4,5)6)17-11(9)18;1-13(2,3)10-8-15-11-9(17-10)7-16-12(11)14(4,5)6/h7-11H,1-6H3;8H,9H2,1-7H3;8-9H,7H2,1-6H3,(H,17,18);8H2,1-7H3;7H,8H2,1-6H3,(H,16,17,18);7,9H,8H2,1-6H3;7H2,1-6H3,(H,16,17,18);8H,7H2,1-6H3. The molecule has 144 heavy (non-hydrogen) atoms. The summed E-state index contributed by atoms with van der Waals surface area (Å²) in [5.74, 6) is 3.19. The summed E-state index contributed by atoms with van der Waals surface area (Å²) in [4.78, 5) is 127. The topological polar surface area (TPSA) is 296 Å². The maximum Gasteiger partial charge on any atom is 0.262 e. The number of hydrogen-bond donors (Lipinski definition) is 3. The second-order valence-electron chi connectivity index (χ2n) is 56.6. The van der Waals surface area contributed by atoms with Gasteiger partial charge in [0.2, 0.25) is 0 Å². The average Bonchev–Trinajstić information content (AvgIpc) is 1.61. The molecule has 11 heterocycles. The number of nitrogens with one attached hydrogen (secondary N) is 3. The van der Waals surface area contributed by atoms with E-state index in [-0.39, 0.29) is 114 Å². The monoisotopic (exact) mass is 1960 g/mol. The molecule has 4 aliphatic carbocycles. The maximum atomic E-state index is 12.7. The van der Waals surface area contributed by atoms with E-state index in [1.807, 2.05) is 46.4 Å². The molecule has 3 aliphatic heterocycles. The van der Waals surface area contributed by atoms with E-state index in [0.717, 1.165) is 162 Å². The van der Waals surface area contributed by atoms with Crippen molar-refractivity contribution in [3.05, 3.63) is 256 Å². The summed E-state index contributed by atoms with van der Waals surface area (Å²) in [7, 11) is 3.63. The van der Waals surface area contributed by atoms with Gasteiger partial charge in [0.1, 0.15) is 29.0 Å². The Morgan fingerprint density at radius 1 is 0.264 bits per heavy atom. The van der Waals surface area contributed by atoms with Crippen LogP contribution < -0.4 is 27.8 Å². The van der Waals surface area contributed by atoms with Crippen molar-refractivity contribution < 1.29 is 0 Å². The SMILES string of the molecule is CC(C)(C)C1=CCc2cc(C(C)(C)C)[nH]c(=O)c21.CC(C)(C)C1=CCc2nc(C(C)(C)C)[nH]c(=O)c21.CC(C)(C)C1=CCc2nc(C(C)(C)C)cnc21.CC(C)(C)C1=NCc2nc(C(C)(C)C)[nH]c(=O)c21.CC(C)(C)C1=NCc2nc(C(C)(C)C)cnc21.CC(C)(C)c1ccc2cc(C(C)(C)C)ncc2c1.Cn1c(C(C)(C)C)nc2c(c1=O)C(C(C)(C)C)=CC2.Cn1c(C(C)(C)C)nc2c(c1=O)C(C(C)(C)C)=NC2. The molecule has 0 amide bonds. The first-order valence-corrected chi connectivity index (χ1v) is 51.8. The van der Waals surface area contributed by atoms with Gasteiger partial charge in [0.15, 0.2) is 0 Å². The first kappa shape index (κ1) is 117. The summed E-state index contributed by atoms with van der Waals surface area (Å²) < 4.78 is 3.38. The highest BCUT2D eigenvalue weighted by molar-refractivity contribution is 6.07. The van der Waals surface area contributed by atoms with Crippen molar-refractivity contribution in [2.45, 2.75) is 426 Å². The predicted molar refractivity (Wildman–Crippen MR) is 603 cm³/mol. The fraction of sp³-hybridized carbons (Fsp3) is 0.598. The molecule has 8 aromatic heterocycles. The van der Waals surface area contributed by atoms with E-state index in [2.05, 4.69) is 421 Å². The van der Waals surface area contributed by atoms with Crippen molar-refractivity contribution in [1.29, 1.82) is 0 Å². The smallest absolute Gasteiger partial charge is 0.262 e. The van der Waals surface area contributed by atoms with E-state index in [4.69, 9.17) is 19.9 Å². The van der Waals surface area contributed by atoms with Gasteiger partial charge in [0.05, 0.1) is 110 Å². The van der Waals surface area contributed by atoms with E-state index in [9.17, 15) is 24.0 Å². The van der Waals surface area contributed by atoms with Gasteiger partial charge >= 0.3 is 0 Å². The lowest BCUT2D eigenvalue weighted by Crippen LogP contribution is -2.36. The fourth-order valence-corrected chi connectivity index (χ4v) is 18.1. The van der Waals surface area contributed by atoms with Crippen molar-refractivity contribution in [3.63, 3.8) is 0 Å². The number of aromatic nitrogens is 14. The number of rotatable bonds is 0. The molecule has 0 fully saturated rings. The molecular weight excluding hydrogens is 1780 g/mol. The van der Waals surface area contributed by atoms with Crippen molar-refractivity contribution in [1.82, 2.24) is 68.9 Å². The minimum absolute atomic E-state index is 0.00333. The Bertz CT molecular complexity index is 6410. The van der Waals surface area contributed by atoms with Crippen molar-refractivity contribution in [2.24, 2.45) is 67.0 Å². The van der Waals surface area contributed by atoms with E-state index in [1.165, 1.54) is 33.0 Å². The van der Waals surface area contributed by atoms with Crippen LogP contribution in [0, 0.1) is 37.9 Å². The lowest BCUT2D eigenvalue weighted by Gasteiger charge is -2.25. The van der Waals surface area contributed by atoms with Crippen LogP contribution in [0.15, 0.2) is 112 Å². The largest absolute Gasteiger partial charge is 0.325 e. The predicted octanol–water partition coefficient (Wildman–Crippen LogP) is 26.3. The summed E-state index contributed by atoms with van der Waals surface area (Å²) in [6, 6.07) is 11.1. The summed E-state index contributed by atoms with van der Waals surface area (Å²) >= 11 is 0. The van der Waals surface area contributed by atoms with Crippen LogP contribution in [0.1, 0.15) is 463 Å². The zero-order chi connectivity index (χ0) is 110. The van der Waals surface area contributed by atoms with Crippen LogP contribution in [-0.4, -0.2) is 86.1 Å². The number of benzene rings is 1. The van der Waals surface area contributed by atoms with Gasteiger partial charge in [0, 0.05) is 134 Å². The number of fused-ring (bicyclic) bond motifs is 8. The Morgan fingerprint density at radius 3 is 1.07 bits per heavy atom. The lowest BCUT2D eigenvalue weighted by molar-refractivity contribution is 0.500. The molecule has 16 rings (SSSR count). The maximum absolute atomic E-state index is 12.7. The molecule has 0 spiro atoms. The molecule has 1 aromatic carbocycles. The van der Waals surface area contributed by atoms with Gasteiger partial charge < -0.3 is 15.0 Å². The van der Waals surface area contributed by atoms with Crippen LogP contribution in [0.4, 0.5) is 0 Å². The number of hydrogen-bond acceptors (Lipinski definition) is 17. The molecule has 782 valence electrons. The first-order chi connectivity index (χ1) is 64.9. The molecule has 9 aromatic rings. The minimum atomic E-state index is -0.154. The van der Waals surface area contributed by atoms with Crippen molar-refractivity contribution >= 4 is 50.2 Å². The van der Waals surface area contributed by atoms with E-state index in [1.54, 1.807) is 16.2 Å². The molecule has 7 aliphatic rings. The van der Waals surface area contributed by atoms with Gasteiger partial charge in [-0.3, -0.25) is 73.0 Å². The average molecular weight is 1960 g/mol. The molecule has 22 heteroatoms. The summed E-state index contributed by atoms with van der Waals surface area (Å²) in [6.07, 6.45) is 18.0. The second kappa shape index (κ2) is 40.8. The van der Waals surface area contributed by atoms with Gasteiger partial charge in [-0.05, 0) is 90.5 Å².